The predicted octanol–water partition coefficient (Wildman–Crippen LogP) is 2.26. The zero-order valence-electron chi connectivity index (χ0n) is 12.5. The van der Waals surface area contributed by atoms with Crippen molar-refractivity contribution >= 4 is 5.91 Å². The number of ether oxygens (including phenoxy) is 1. The highest BCUT2D eigenvalue weighted by Gasteiger charge is 2.12. The van der Waals surface area contributed by atoms with Crippen molar-refractivity contribution in [2.24, 2.45) is 5.92 Å². The molecule has 5 heteroatoms. The van der Waals surface area contributed by atoms with E-state index in [-0.39, 0.29) is 24.4 Å². The Bertz CT molecular complexity index is 449. The maximum absolute atomic E-state index is 13.3. The van der Waals surface area contributed by atoms with Crippen molar-refractivity contribution < 1.29 is 13.9 Å². The minimum atomic E-state index is -0.380. The third kappa shape index (κ3) is 5.17. The SMILES string of the molecule is CNC(C)c1ccc(F)cc1OCC(=O)NCC(C)C. The highest BCUT2D eigenvalue weighted by atomic mass is 19.1. The van der Waals surface area contributed by atoms with E-state index in [1.54, 1.807) is 6.07 Å². The summed E-state index contributed by atoms with van der Waals surface area (Å²) < 4.78 is 18.7. The monoisotopic (exact) mass is 282 g/mol. The van der Waals surface area contributed by atoms with Crippen LogP contribution in [0.4, 0.5) is 4.39 Å². The second kappa shape index (κ2) is 7.85. The Morgan fingerprint density at radius 3 is 2.65 bits per heavy atom. The molecule has 1 unspecified atom stereocenters. The zero-order chi connectivity index (χ0) is 15.1. The molecular weight excluding hydrogens is 259 g/mol. The summed E-state index contributed by atoms with van der Waals surface area (Å²) in [5.41, 5.74) is 0.825. The van der Waals surface area contributed by atoms with Crippen LogP contribution in [0, 0.1) is 11.7 Å². The van der Waals surface area contributed by atoms with Gasteiger partial charge in [-0.2, -0.15) is 0 Å². The van der Waals surface area contributed by atoms with Crippen LogP contribution in [0.2, 0.25) is 0 Å². The summed E-state index contributed by atoms with van der Waals surface area (Å²) in [5.74, 6) is 0.195. The predicted molar refractivity (Wildman–Crippen MR) is 77.2 cm³/mol. The molecule has 0 aromatic heterocycles. The Hall–Kier alpha value is -1.62. The summed E-state index contributed by atoms with van der Waals surface area (Å²) in [6, 6.07) is 4.37. The molecule has 1 rings (SSSR count). The van der Waals surface area contributed by atoms with Gasteiger partial charge in [0.15, 0.2) is 6.61 Å². The number of hydrogen-bond acceptors (Lipinski definition) is 3. The summed E-state index contributed by atoms with van der Waals surface area (Å²) in [5, 5.41) is 5.82. The van der Waals surface area contributed by atoms with Crippen molar-refractivity contribution in [2.75, 3.05) is 20.2 Å². The van der Waals surface area contributed by atoms with Crippen molar-refractivity contribution in [1.29, 1.82) is 0 Å². The van der Waals surface area contributed by atoms with Crippen molar-refractivity contribution in [2.45, 2.75) is 26.8 Å². The van der Waals surface area contributed by atoms with E-state index in [4.69, 9.17) is 4.74 Å². The lowest BCUT2D eigenvalue weighted by atomic mass is 10.1. The molecule has 2 N–H and O–H groups in total. The standard InChI is InChI=1S/C15H23FN2O2/c1-10(2)8-18-15(19)9-20-14-7-12(16)5-6-13(14)11(3)17-4/h5-7,10-11,17H,8-9H2,1-4H3,(H,18,19). The fourth-order valence-corrected chi connectivity index (χ4v) is 1.66. The Morgan fingerprint density at radius 1 is 1.35 bits per heavy atom. The maximum Gasteiger partial charge on any atom is 0.257 e. The molecule has 4 nitrogen and oxygen atoms in total. The highest BCUT2D eigenvalue weighted by molar-refractivity contribution is 5.77. The number of hydrogen-bond donors (Lipinski definition) is 2. The highest BCUT2D eigenvalue weighted by Crippen LogP contribution is 2.25. The van der Waals surface area contributed by atoms with Crippen LogP contribution in [-0.2, 0) is 4.79 Å². The lowest BCUT2D eigenvalue weighted by Gasteiger charge is -2.16. The van der Waals surface area contributed by atoms with Crippen LogP contribution in [0.3, 0.4) is 0 Å². The van der Waals surface area contributed by atoms with Crippen LogP contribution in [-0.4, -0.2) is 26.1 Å². The van der Waals surface area contributed by atoms with E-state index in [2.05, 4.69) is 10.6 Å². The number of carbonyl (C=O) groups is 1. The molecule has 0 fully saturated rings. The Balaban J connectivity index is 2.66. The first kappa shape index (κ1) is 16.4. The lowest BCUT2D eigenvalue weighted by molar-refractivity contribution is -0.123. The van der Waals surface area contributed by atoms with Gasteiger partial charge in [-0.05, 0) is 26.0 Å². The molecule has 0 saturated heterocycles. The van der Waals surface area contributed by atoms with Gasteiger partial charge in [-0.1, -0.05) is 19.9 Å². The molecule has 0 aliphatic heterocycles. The van der Waals surface area contributed by atoms with Crippen molar-refractivity contribution in [3.8, 4) is 5.75 Å². The lowest BCUT2D eigenvalue weighted by Crippen LogP contribution is -2.32. The third-order valence-electron chi connectivity index (χ3n) is 2.94. The fourth-order valence-electron chi connectivity index (χ4n) is 1.66. The summed E-state index contributed by atoms with van der Waals surface area (Å²) in [4.78, 5) is 11.6. The summed E-state index contributed by atoms with van der Waals surface area (Å²) in [6.07, 6.45) is 0. The second-order valence-corrected chi connectivity index (χ2v) is 5.18. The molecule has 1 atom stereocenters. The summed E-state index contributed by atoms with van der Waals surface area (Å²) >= 11 is 0. The minimum Gasteiger partial charge on any atom is -0.483 e. The molecule has 0 saturated carbocycles. The minimum absolute atomic E-state index is 0.0179. The molecule has 112 valence electrons. The molecule has 0 heterocycles. The van der Waals surface area contributed by atoms with Gasteiger partial charge >= 0.3 is 0 Å². The van der Waals surface area contributed by atoms with Gasteiger partial charge < -0.3 is 15.4 Å². The van der Waals surface area contributed by atoms with E-state index in [0.717, 1.165) is 5.56 Å². The molecule has 20 heavy (non-hydrogen) atoms. The first-order valence-electron chi connectivity index (χ1n) is 6.80. The normalized spacial score (nSPS) is 12.3. The van der Waals surface area contributed by atoms with Crippen LogP contribution < -0.4 is 15.4 Å². The number of amides is 1. The van der Waals surface area contributed by atoms with Gasteiger partial charge in [-0.25, -0.2) is 4.39 Å². The molecule has 0 aliphatic carbocycles. The van der Waals surface area contributed by atoms with Gasteiger partial charge in [0.25, 0.3) is 5.91 Å². The average molecular weight is 282 g/mol. The number of benzene rings is 1. The maximum atomic E-state index is 13.3. The zero-order valence-corrected chi connectivity index (χ0v) is 12.5. The summed E-state index contributed by atoms with van der Waals surface area (Å²) in [7, 11) is 1.81. The summed E-state index contributed by atoms with van der Waals surface area (Å²) in [6.45, 7) is 6.46. The number of halogens is 1. The van der Waals surface area contributed by atoms with Crippen LogP contribution in [0.25, 0.3) is 0 Å². The number of rotatable bonds is 7. The molecule has 1 amide bonds. The topological polar surface area (TPSA) is 50.4 Å². The van der Waals surface area contributed by atoms with Crippen LogP contribution in [0.15, 0.2) is 18.2 Å². The van der Waals surface area contributed by atoms with Gasteiger partial charge in [-0.15, -0.1) is 0 Å². The average Bonchev–Trinajstić information content (AvgIpc) is 2.42. The third-order valence-corrected chi connectivity index (χ3v) is 2.94. The molecule has 0 radical (unpaired) electrons. The Labute approximate surface area is 119 Å². The first-order chi connectivity index (χ1) is 9.43. The van der Waals surface area contributed by atoms with Gasteiger partial charge in [0, 0.05) is 24.2 Å². The molecule has 0 spiro atoms. The molecular formula is C15H23FN2O2. The van der Waals surface area contributed by atoms with E-state index < -0.39 is 0 Å². The van der Waals surface area contributed by atoms with Crippen LogP contribution in [0.1, 0.15) is 32.4 Å². The number of nitrogens with one attached hydrogen (secondary N) is 2. The largest absolute Gasteiger partial charge is 0.483 e. The van der Waals surface area contributed by atoms with Crippen LogP contribution in [0.5, 0.6) is 5.75 Å². The number of carbonyl (C=O) groups excluding carboxylic acids is 1. The second-order valence-electron chi connectivity index (χ2n) is 5.18. The van der Waals surface area contributed by atoms with Gasteiger partial charge in [0.1, 0.15) is 11.6 Å². The quantitative estimate of drug-likeness (QED) is 0.806. The van der Waals surface area contributed by atoms with E-state index >= 15 is 0 Å². The van der Waals surface area contributed by atoms with Crippen LogP contribution >= 0.6 is 0 Å². The smallest absolute Gasteiger partial charge is 0.257 e. The van der Waals surface area contributed by atoms with Crippen molar-refractivity contribution in [3.63, 3.8) is 0 Å². The van der Waals surface area contributed by atoms with E-state index in [9.17, 15) is 9.18 Å². The Kier molecular flexibility index (Phi) is 6.45. The van der Waals surface area contributed by atoms with E-state index in [0.29, 0.717) is 18.2 Å². The van der Waals surface area contributed by atoms with Gasteiger partial charge in [0.2, 0.25) is 0 Å². The van der Waals surface area contributed by atoms with Gasteiger partial charge in [0.05, 0.1) is 0 Å². The molecule has 1 aromatic carbocycles. The molecule has 1 aromatic rings. The van der Waals surface area contributed by atoms with E-state index in [1.807, 2.05) is 27.8 Å². The first-order valence-corrected chi connectivity index (χ1v) is 6.80. The van der Waals surface area contributed by atoms with Crippen molar-refractivity contribution in [3.05, 3.63) is 29.6 Å². The Morgan fingerprint density at radius 2 is 2.05 bits per heavy atom. The molecule has 0 bridgehead atoms. The fraction of sp³-hybridized carbons (Fsp3) is 0.533. The van der Waals surface area contributed by atoms with Gasteiger partial charge in [-0.3, -0.25) is 4.79 Å². The van der Waals surface area contributed by atoms with E-state index in [1.165, 1.54) is 12.1 Å². The van der Waals surface area contributed by atoms with Crippen molar-refractivity contribution in [1.82, 2.24) is 10.6 Å². The molecule has 0 aliphatic rings.